The lowest BCUT2D eigenvalue weighted by Crippen LogP contribution is -2.29. The average Bonchev–Trinajstić information content (AvgIpc) is 3.96. The van der Waals surface area contributed by atoms with Gasteiger partial charge in [-0.25, -0.2) is 18.0 Å². The fourth-order valence-corrected chi connectivity index (χ4v) is 6.29. The van der Waals surface area contributed by atoms with E-state index in [-0.39, 0.29) is 68.7 Å². The van der Waals surface area contributed by atoms with Crippen molar-refractivity contribution in [2.24, 2.45) is 11.8 Å². The van der Waals surface area contributed by atoms with E-state index in [1.807, 2.05) is 0 Å². The number of pyridine rings is 1. The van der Waals surface area contributed by atoms with Gasteiger partial charge in [-0.3, -0.25) is 0 Å². The van der Waals surface area contributed by atoms with Crippen molar-refractivity contribution in [3.8, 4) is 17.2 Å². The van der Waals surface area contributed by atoms with Gasteiger partial charge in [0.05, 0.1) is 24.5 Å². The highest BCUT2D eigenvalue weighted by Crippen LogP contribution is 2.38. The van der Waals surface area contributed by atoms with Crippen LogP contribution in [-0.2, 0) is 36.3 Å². The third-order valence-corrected chi connectivity index (χ3v) is 9.43. The lowest BCUT2D eigenvalue weighted by Gasteiger charge is -2.23. The van der Waals surface area contributed by atoms with Crippen LogP contribution in [0, 0.1) is 17.0 Å². The number of esters is 2. The maximum Gasteiger partial charge on any atom is 0.387 e. The predicted octanol–water partition coefficient (Wildman–Crippen LogP) is 6.42. The van der Waals surface area contributed by atoms with E-state index in [2.05, 4.69) is 4.74 Å². The fraction of sp³-hybridized carbons (Fsp3) is 0.441. The molecule has 0 bridgehead atoms. The number of hydrogen-bond donors (Lipinski definition) is 0. The second-order valence-electron chi connectivity index (χ2n) is 12.5. The Kier molecular flexibility index (Phi) is 12.0. The normalized spacial score (nSPS) is 15.7. The molecule has 3 aromatic rings. The first kappa shape index (κ1) is 37.4. The molecule has 0 saturated heterocycles. The molecule has 0 N–H and O–H groups in total. The van der Waals surface area contributed by atoms with Gasteiger partial charge in [-0.15, -0.1) is 0 Å². The van der Waals surface area contributed by atoms with Crippen LogP contribution in [0.2, 0.25) is 10.0 Å². The van der Waals surface area contributed by atoms with E-state index in [4.69, 9.17) is 42.1 Å². The summed E-state index contributed by atoms with van der Waals surface area (Å²) in [5.41, 5.74) is 0.939. The van der Waals surface area contributed by atoms with Crippen LogP contribution in [0.25, 0.3) is 0 Å². The fourth-order valence-electron chi connectivity index (χ4n) is 4.88. The predicted molar refractivity (Wildman–Crippen MR) is 177 cm³/mol. The third-order valence-electron chi connectivity index (χ3n) is 7.94. The number of halogens is 4. The first-order chi connectivity index (χ1) is 23.6. The van der Waals surface area contributed by atoms with E-state index in [0.29, 0.717) is 22.8 Å². The Morgan fingerprint density at radius 2 is 1.54 bits per heavy atom. The zero-order valence-corrected chi connectivity index (χ0v) is 29.4. The number of carbonyl (C=O) groups excluding carboxylic acids is 2. The van der Waals surface area contributed by atoms with E-state index in [1.165, 1.54) is 43.3 Å². The molecule has 0 aliphatic heterocycles. The molecule has 5 rings (SSSR count). The minimum absolute atomic E-state index is 0.00286. The molecule has 2 atom stereocenters. The van der Waals surface area contributed by atoms with E-state index in [1.54, 1.807) is 0 Å². The van der Waals surface area contributed by atoms with E-state index >= 15 is 0 Å². The quantitative estimate of drug-likeness (QED) is 0.0860. The molecular formula is C34H35Cl2F2NO10S. The molecule has 2 fully saturated rings. The molecule has 2 saturated carbocycles. The zero-order valence-electron chi connectivity index (χ0n) is 27.1. The highest BCUT2D eigenvalue weighted by atomic mass is 35.5. The van der Waals surface area contributed by atoms with Gasteiger partial charge >= 0.3 is 18.6 Å². The first-order valence-electron chi connectivity index (χ1n) is 15.8. The number of alkyl halides is 2. The minimum Gasteiger partial charge on any atom is -0.619 e. The summed E-state index contributed by atoms with van der Waals surface area (Å²) in [7, 11) is -3.40. The van der Waals surface area contributed by atoms with Crippen molar-refractivity contribution in [3.63, 3.8) is 0 Å². The lowest BCUT2D eigenvalue weighted by atomic mass is 10.0. The van der Waals surface area contributed by atoms with E-state index in [0.717, 1.165) is 44.3 Å². The Hall–Kier alpha value is -3.88. The molecule has 1 aromatic heterocycles. The Morgan fingerprint density at radius 1 is 0.920 bits per heavy atom. The van der Waals surface area contributed by atoms with Crippen LogP contribution < -0.4 is 18.9 Å². The summed E-state index contributed by atoms with van der Waals surface area (Å²) in [6.07, 6.45) is 4.30. The molecule has 2 aliphatic rings. The number of aromatic nitrogens is 1. The molecule has 0 radical (unpaired) electrons. The molecule has 2 aliphatic carbocycles. The van der Waals surface area contributed by atoms with Crippen molar-refractivity contribution >= 4 is 45.0 Å². The summed E-state index contributed by atoms with van der Waals surface area (Å²) in [6.45, 7) is -1.19. The topological polar surface area (TPSA) is 141 Å². The molecule has 50 heavy (non-hydrogen) atoms. The molecule has 0 spiro atoms. The molecule has 16 heteroatoms. The van der Waals surface area contributed by atoms with Crippen LogP contribution in [-0.4, -0.2) is 52.5 Å². The smallest absolute Gasteiger partial charge is 0.387 e. The number of nitrogens with zero attached hydrogens (tertiary/aromatic N) is 1. The van der Waals surface area contributed by atoms with Crippen molar-refractivity contribution in [2.75, 3.05) is 19.5 Å². The van der Waals surface area contributed by atoms with Crippen molar-refractivity contribution in [3.05, 3.63) is 86.3 Å². The van der Waals surface area contributed by atoms with Crippen LogP contribution in [0.5, 0.6) is 17.2 Å². The van der Waals surface area contributed by atoms with Crippen molar-refractivity contribution < 1.29 is 55.2 Å². The number of carbonyl (C=O) groups is 2. The summed E-state index contributed by atoms with van der Waals surface area (Å²) < 4.78 is 78.2. The summed E-state index contributed by atoms with van der Waals surface area (Å²) in [5.74, 6) is -1.53. The van der Waals surface area contributed by atoms with Gasteiger partial charge in [0.1, 0.15) is 21.9 Å². The van der Waals surface area contributed by atoms with Gasteiger partial charge in [0, 0.05) is 23.8 Å². The van der Waals surface area contributed by atoms with Gasteiger partial charge in [0.2, 0.25) is 0 Å². The van der Waals surface area contributed by atoms with Gasteiger partial charge in [0.15, 0.2) is 39.8 Å². The maximum absolute atomic E-state index is 13.4. The van der Waals surface area contributed by atoms with Gasteiger partial charge in [-0.2, -0.15) is 13.5 Å². The van der Waals surface area contributed by atoms with E-state index < -0.39 is 40.6 Å². The molecular weight excluding hydrogens is 723 g/mol. The first-order valence-corrected chi connectivity index (χ1v) is 18.6. The molecule has 0 unspecified atom stereocenters. The molecule has 11 nitrogen and oxygen atoms in total. The third kappa shape index (κ3) is 10.8. The van der Waals surface area contributed by atoms with Crippen molar-refractivity contribution in [1.82, 2.24) is 0 Å². The van der Waals surface area contributed by atoms with Gasteiger partial charge in [-0.05, 0) is 74.3 Å². The number of rotatable bonds is 17. The summed E-state index contributed by atoms with van der Waals surface area (Å²) in [4.78, 5) is 26.6. The Bertz CT molecular complexity index is 1810. The average molecular weight is 759 g/mol. The number of ether oxygens (including phenoxy) is 5. The Labute approximate surface area is 297 Å². The van der Waals surface area contributed by atoms with Crippen LogP contribution >= 0.6 is 23.2 Å². The standard InChI is InChI=1S/C34H35Cl2F2NO10S/c1-19(47-33(41)23-7-8-24(18-50(2,43)44)29(12-23)45-16-20-3-4-20)32(40)48-30(13-25-26(35)14-39(42)15-27(25)36)22-9-10-28(49-34(37)38)31(11-22)46-17-21-5-6-21/h7-12,14-15,19-21,30,34H,3-6,13,16-18H2,1-2H3/t19-,30-/m0/s1. The Balaban J connectivity index is 1.37. The highest BCUT2D eigenvalue weighted by Gasteiger charge is 2.30. The second kappa shape index (κ2) is 16.0. The zero-order chi connectivity index (χ0) is 36.2. The number of benzene rings is 2. The lowest BCUT2D eigenvalue weighted by molar-refractivity contribution is -0.605. The van der Waals surface area contributed by atoms with Gasteiger partial charge < -0.3 is 28.9 Å². The van der Waals surface area contributed by atoms with Crippen LogP contribution in [0.15, 0.2) is 48.8 Å². The number of sulfone groups is 1. The molecule has 270 valence electrons. The van der Waals surface area contributed by atoms with Gasteiger partial charge in [-0.1, -0.05) is 35.3 Å². The molecule has 0 amide bonds. The highest BCUT2D eigenvalue weighted by molar-refractivity contribution is 7.89. The summed E-state index contributed by atoms with van der Waals surface area (Å²) in [6, 6.07) is 8.26. The SMILES string of the molecule is C[C@H](OC(=O)c1ccc(CS(C)(=O)=O)c(OCC2CC2)c1)C(=O)O[C@@H](Cc1c(Cl)c[n+]([O-])cc1Cl)c1ccc(OC(F)F)c(OCC2CC2)c1. The van der Waals surface area contributed by atoms with Crippen LogP contribution in [0.1, 0.15) is 65.8 Å². The van der Waals surface area contributed by atoms with Crippen molar-refractivity contribution in [1.29, 1.82) is 0 Å². The van der Waals surface area contributed by atoms with E-state index in [9.17, 15) is 32.0 Å². The van der Waals surface area contributed by atoms with Crippen molar-refractivity contribution in [2.45, 2.75) is 63.6 Å². The number of hydrogen-bond acceptors (Lipinski definition) is 10. The summed E-state index contributed by atoms with van der Waals surface area (Å²) >= 11 is 12.6. The monoisotopic (exact) mass is 757 g/mol. The largest absolute Gasteiger partial charge is 0.619 e. The minimum atomic E-state index is -3.40. The van der Waals surface area contributed by atoms with Gasteiger partial charge in [0.25, 0.3) is 0 Å². The second-order valence-corrected chi connectivity index (χ2v) is 15.4. The van der Waals surface area contributed by atoms with Crippen LogP contribution in [0.4, 0.5) is 8.78 Å². The molecule has 1 heterocycles. The summed E-state index contributed by atoms with van der Waals surface area (Å²) in [5, 5.41) is 11.8. The Morgan fingerprint density at radius 3 is 2.12 bits per heavy atom. The molecule has 2 aromatic carbocycles. The maximum atomic E-state index is 13.4. The van der Waals surface area contributed by atoms with Crippen LogP contribution in [0.3, 0.4) is 0 Å².